The zero-order chi connectivity index (χ0) is 27.8. The normalized spacial score (nSPS) is 35.0. The number of fused-ring (bicyclic) bond motifs is 5. The van der Waals surface area contributed by atoms with Crippen LogP contribution in [-0.2, 0) is 16.4 Å². The molecule has 3 saturated carbocycles. The quantitative estimate of drug-likeness (QED) is 0.380. The van der Waals surface area contributed by atoms with Gasteiger partial charge >= 0.3 is 12.2 Å². The second-order valence-corrected chi connectivity index (χ2v) is 13.9. The van der Waals surface area contributed by atoms with Crippen LogP contribution in [0, 0.1) is 28.6 Å². The number of carbonyl (C=O) groups is 2. The van der Waals surface area contributed by atoms with Crippen LogP contribution in [0.5, 0.6) is 0 Å². The highest BCUT2D eigenvalue weighted by Gasteiger charge is 2.59. The van der Waals surface area contributed by atoms with Crippen LogP contribution in [0.4, 0.5) is 23.7 Å². The van der Waals surface area contributed by atoms with Crippen LogP contribution in [0.1, 0.15) is 90.7 Å². The van der Waals surface area contributed by atoms with Crippen molar-refractivity contribution in [1.82, 2.24) is 4.90 Å². The van der Waals surface area contributed by atoms with E-state index in [9.17, 15) is 22.8 Å². The van der Waals surface area contributed by atoms with Gasteiger partial charge in [-0.25, -0.2) is 4.79 Å². The lowest BCUT2D eigenvalue weighted by Gasteiger charge is -2.59. The van der Waals surface area contributed by atoms with Crippen LogP contribution < -0.4 is 5.32 Å². The molecule has 1 aliphatic heterocycles. The number of amides is 3. The number of nitrogens with zero attached hydrogens (tertiary/aromatic N) is 1. The van der Waals surface area contributed by atoms with Gasteiger partial charge in [-0.1, -0.05) is 58.7 Å². The standard InChI is InChI=1S/C30H38ClF3N2O2/c1-27(2,3)20-16-23(21(15-22(20)31)30(32,33)34)35-26(38)36-24-9-8-17-18-7-6-12-28(18,4)13-10-19(17)29(24,5)14-11-25(36)37/h11,14-19,24H,6-10,12-13H2,1-5H3,(H,35,38)/t17-,18-,19-,24+,28-,29+/m0/s1. The number of hydrogen-bond donors (Lipinski definition) is 1. The van der Waals surface area contributed by atoms with Gasteiger partial charge in [-0.05, 0) is 84.8 Å². The van der Waals surface area contributed by atoms with Crippen molar-refractivity contribution in [2.75, 3.05) is 5.32 Å². The van der Waals surface area contributed by atoms with Gasteiger partial charge in [0.2, 0.25) is 0 Å². The predicted molar refractivity (Wildman–Crippen MR) is 143 cm³/mol. The van der Waals surface area contributed by atoms with Crippen molar-refractivity contribution in [2.24, 2.45) is 28.6 Å². The number of halogens is 4. The minimum atomic E-state index is -4.73. The number of hydrogen-bond acceptors (Lipinski definition) is 2. The molecule has 1 N–H and O–H groups in total. The van der Waals surface area contributed by atoms with Gasteiger partial charge in [0, 0.05) is 16.5 Å². The van der Waals surface area contributed by atoms with Gasteiger partial charge in [-0.3, -0.25) is 9.69 Å². The fourth-order valence-electron chi connectivity index (χ4n) is 8.39. The summed E-state index contributed by atoms with van der Waals surface area (Å²) in [5, 5.41) is 2.46. The maximum Gasteiger partial charge on any atom is 0.418 e. The highest BCUT2D eigenvalue weighted by molar-refractivity contribution is 6.31. The van der Waals surface area contributed by atoms with E-state index in [1.165, 1.54) is 36.3 Å². The predicted octanol–water partition coefficient (Wildman–Crippen LogP) is 8.59. The first kappa shape index (κ1) is 27.5. The molecule has 0 saturated heterocycles. The van der Waals surface area contributed by atoms with Crippen molar-refractivity contribution in [3.63, 3.8) is 0 Å². The Morgan fingerprint density at radius 2 is 1.74 bits per heavy atom. The van der Waals surface area contributed by atoms with E-state index in [2.05, 4.69) is 19.2 Å². The first-order chi connectivity index (χ1) is 17.6. The zero-order valence-electron chi connectivity index (χ0n) is 22.8. The van der Waals surface area contributed by atoms with Crippen LogP contribution in [0.15, 0.2) is 24.3 Å². The van der Waals surface area contributed by atoms with Crippen molar-refractivity contribution in [3.05, 3.63) is 40.4 Å². The van der Waals surface area contributed by atoms with Crippen LogP contribution in [0.3, 0.4) is 0 Å². The monoisotopic (exact) mass is 550 g/mol. The van der Waals surface area contributed by atoms with Gasteiger partial charge in [0.15, 0.2) is 0 Å². The molecule has 1 heterocycles. The number of nitrogens with one attached hydrogen (secondary N) is 1. The minimum absolute atomic E-state index is 0.0121. The summed E-state index contributed by atoms with van der Waals surface area (Å²) in [5.41, 5.74) is -1.49. The van der Waals surface area contributed by atoms with Gasteiger partial charge in [0.05, 0.1) is 17.3 Å². The molecule has 1 aromatic rings. The summed E-state index contributed by atoms with van der Waals surface area (Å²) in [4.78, 5) is 28.0. The first-order valence-electron chi connectivity index (χ1n) is 13.8. The molecule has 208 valence electrons. The van der Waals surface area contributed by atoms with E-state index in [-0.39, 0.29) is 10.7 Å². The van der Waals surface area contributed by atoms with E-state index in [1.54, 1.807) is 0 Å². The van der Waals surface area contributed by atoms with E-state index in [0.29, 0.717) is 35.2 Å². The molecule has 4 nitrogen and oxygen atoms in total. The second kappa shape index (κ2) is 9.00. The summed E-state index contributed by atoms with van der Waals surface area (Å²) < 4.78 is 41.9. The molecule has 1 aromatic carbocycles. The zero-order valence-corrected chi connectivity index (χ0v) is 23.6. The Morgan fingerprint density at radius 1 is 1.03 bits per heavy atom. The fraction of sp³-hybridized carbons (Fsp3) is 0.667. The molecular formula is C30H38ClF3N2O2. The summed E-state index contributed by atoms with van der Waals surface area (Å²) >= 11 is 6.24. The highest BCUT2D eigenvalue weighted by atomic mass is 35.5. The summed E-state index contributed by atoms with van der Waals surface area (Å²) in [6.45, 7) is 10.1. The molecule has 3 fully saturated rings. The molecule has 0 spiro atoms. The van der Waals surface area contributed by atoms with Gasteiger partial charge in [-0.15, -0.1) is 0 Å². The Labute approximate surface area is 228 Å². The van der Waals surface area contributed by atoms with Crippen LogP contribution >= 0.6 is 11.6 Å². The van der Waals surface area contributed by atoms with E-state index in [0.717, 1.165) is 25.3 Å². The van der Waals surface area contributed by atoms with Crippen LogP contribution in [-0.4, -0.2) is 22.9 Å². The van der Waals surface area contributed by atoms with Crippen LogP contribution in [0.25, 0.3) is 0 Å². The molecule has 3 aliphatic carbocycles. The third-order valence-electron chi connectivity index (χ3n) is 10.3. The van der Waals surface area contributed by atoms with E-state index in [1.807, 2.05) is 26.8 Å². The summed E-state index contributed by atoms with van der Waals surface area (Å²) in [6, 6.07) is 0.955. The molecular weight excluding hydrogens is 513 g/mol. The molecule has 0 aromatic heterocycles. The molecule has 8 heteroatoms. The maximum atomic E-state index is 14.0. The Balaban J connectivity index is 1.47. The number of benzene rings is 1. The maximum absolute atomic E-state index is 14.0. The molecule has 0 radical (unpaired) electrons. The van der Waals surface area contributed by atoms with Crippen LogP contribution in [0.2, 0.25) is 5.02 Å². The summed E-state index contributed by atoms with van der Waals surface area (Å²) in [6.07, 6.45) is 6.25. The van der Waals surface area contributed by atoms with E-state index in [4.69, 9.17) is 11.6 Å². The lowest BCUT2D eigenvalue weighted by Crippen LogP contribution is -2.62. The fourth-order valence-corrected chi connectivity index (χ4v) is 8.84. The number of carbonyl (C=O) groups excluding carboxylic acids is 2. The molecule has 5 rings (SSSR count). The van der Waals surface area contributed by atoms with Gasteiger partial charge < -0.3 is 5.32 Å². The average molecular weight is 551 g/mol. The molecule has 3 amide bonds. The largest absolute Gasteiger partial charge is 0.418 e. The summed E-state index contributed by atoms with van der Waals surface area (Å²) in [5.74, 6) is 1.06. The van der Waals surface area contributed by atoms with Gasteiger partial charge in [-0.2, -0.15) is 13.2 Å². The minimum Gasteiger partial charge on any atom is -0.307 e. The van der Waals surface area contributed by atoms with Crippen molar-refractivity contribution in [2.45, 2.75) is 97.2 Å². The lowest BCUT2D eigenvalue weighted by molar-refractivity contribution is -0.136. The Kier molecular flexibility index (Phi) is 6.53. The first-order valence-corrected chi connectivity index (χ1v) is 14.2. The van der Waals surface area contributed by atoms with Gasteiger partial charge in [0.1, 0.15) is 0 Å². The van der Waals surface area contributed by atoms with Crippen molar-refractivity contribution in [1.29, 1.82) is 0 Å². The van der Waals surface area contributed by atoms with Gasteiger partial charge in [0.25, 0.3) is 5.91 Å². The third-order valence-corrected chi connectivity index (χ3v) is 10.6. The average Bonchev–Trinajstić information content (AvgIpc) is 3.20. The third kappa shape index (κ3) is 4.37. The number of imide groups is 1. The van der Waals surface area contributed by atoms with E-state index >= 15 is 0 Å². The summed E-state index contributed by atoms with van der Waals surface area (Å²) in [7, 11) is 0. The lowest BCUT2D eigenvalue weighted by atomic mass is 9.48. The van der Waals surface area contributed by atoms with Crippen molar-refractivity contribution < 1.29 is 22.8 Å². The second-order valence-electron chi connectivity index (χ2n) is 13.5. The van der Waals surface area contributed by atoms with Crippen molar-refractivity contribution in [3.8, 4) is 0 Å². The topological polar surface area (TPSA) is 49.4 Å². The molecule has 6 atom stereocenters. The van der Waals surface area contributed by atoms with Crippen molar-refractivity contribution >= 4 is 29.2 Å². The molecule has 4 aliphatic rings. The van der Waals surface area contributed by atoms with E-state index < -0.39 is 40.5 Å². The molecule has 0 bridgehead atoms. The molecule has 38 heavy (non-hydrogen) atoms. The number of anilines is 1. The number of rotatable bonds is 1. The Hall–Kier alpha value is -2.02. The Morgan fingerprint density at radius 3 is 2.39 bits per heavy atom. The molecule has 0 unspecified atom stereocenters. The highest BCUT2D eigenvalue weighted by Crippen LogP contribution is 2.64. The number of alkyl halides is 3. The SMILES string of the molecule is CC(C)(C)c1cc(NC(=O)N2C(=O)C=C[C@]3(C)[C@H]4CC[C@]5(C)CCC[C@H]5[C@@H]4CC[C@@H]23)c(C(F)(F)F)cc1Cl. The number of urea groups is 1. The smallest absolute Gasteiger partial charge is 0.307 e. The Bertz CT molecular complexity index is 1190.